The Hall–Kier alpha value is -5.20. The minimum absolute atomic E-state index is 0.0963. The number of carbonyl (C=O) groups excluding carboxylic acids is 2. The number of carbonyl (C=O) groups is 2. The SMILES string of the molecule is CNC(=O)c1cc(N2CCc3c(cc(Cn4ccnc4)cc3-c3cn(C)nc3C(F)(F)F)C2=O)c2cc(OC)ccc2n1. The summed E-state index contributed by atoms with van der Waals surface area (Å²) in [5.74, 6) is -0.301. The van der Waals surface area contributed by atoms with Gasteiger partial charge in [-0.2, -0.15) is 18.3 Å². The highest BCUT2D eigenvalue weighted by Crippen LogP contribution is 2.41. The van der Waals surface area contributed by atoms with Crippen molar-refractivity contribution in [3.8, 4) is 16.9 Å². The Balaban J connectivity index is 1.54. The molecular weight excluding hydrogens is 563 g/mol. The van der Waals surface area contributed by atoms with Crippen LogP contribution in [-0.4, -0.2) is 56.8 Å². The van der Waals surface area contributed by atoms with Crippen LogP contribution in [0.25, 0.3) is 22.0 Å². The van der Waals surface area contributed by atoms with E-state index in [1.807, 2.05) is 0 Å². The van der Waals surface area contributed by atoms with Gasteiger partial charge in [-0.15, -0.1) is 0 Å². The van der Waals surface area contributed by atoms with Crippen LogP contribution >= 0.6 is 0 Å². The van der Waals surface area contributed by atoms with Gasteiger partial charge in [0.05, 0.1) is 24.6 Å². The Kier molecular flexibility index (Phi) is 6.87. The molecular formula is C30H26F3N7O3. The molecule has 6 rings (SSSR count). The first-order chi connectivity index (χ1) is 20.6. The number of methoxy groups -OCH3 is 1. The minimum atomic E-state index is -4.69. The highest BCUT2D eigenvalue weighted by Gasteiger charge is 2.39. The van der Waals surface area contributed by atoms with Gasteiger partial charge in [0.25, 0.3) is 11.8 Å². The number of nitrogens with zero attached hydrogens (tertiary/aromatic N) is 6. The minimum Gasteiger partial charge on any atom is -0.497 e. The van der Waals surface area contributed by atoms with E-state index in [0.717, 1.165) is 4.68 Å². The van der Waals surface area contributed by atoms with E-state index in [-0.39, 0.29) is 36.3 Å². The van der Waals surface area contributed by atoms with Crippen molar-refractivity contribution < 1.29 is 27.5 Å². The first-order valence-corrected chi connectivity index (χ1v) is 13.3. The molecule has 5 aromatic rings. The first kappa shape index (κ1) is 27.9. The van der Waals surface area contributed by atoms with Crippen molar-refractivity contribution in [1.29, 1.82) is 0 Å². The van der Waals surface area contributed by atoms with Crippen LogP contribution in [0, 0.1) is 0 Å². The van der Waals surface area contributed by atoms with Crippen LogP contribution in [0.5, 0.6) is 5.75 Å². The molecule has 0 spiro atoms. The number of pyridine rings is 1. The molecule has 10 nitrogen and oxygen atoms in total. The lowest BCUT2D eigenvalue weighted by molar-refractivity contribution is -0.141. The van der Waals surface area contributed by atoms with E-state index >= 15 is 0 Å². The number of amides is 2. The summed E-state index contributed by atoms with van der Waals surface area (Å²) in [6, 6.07) is 10.1. The number of imidazole rings is 1. The van der Waals surface area contributed by atoms with Crippen molar-refractivity contribution in [3.05, 3.63) is 89.4 Å². The summed E-state index contributed by atoms with van der Waals surface area (Å²) in [6.07, 6.45) is 1.82. The number of benzene rings is 2. The highest BCUT2D eigenvalue weighted by atomic mass is 19.4. The summed E-state index contributed by atoms with van der Waals surface area (Å²) >= 11 is 0. The molecule has 0 bridgehead atoms. The fourth-order valence-corrected chi connectivity index (χ4v) is 5.49. The quantitative estimate of drug-likeness (QED) is 0.313. The van der Waals surface area contributed by atoms with E-state index in [9.17, 15) is 22.8 Å². The molecule has 2 aromatic carbocycles. The topological polar surface area (TPSA) is 107 Å². The maximum Gasteiger partial charge on any atom is 0.435 e. The van der Waals surface area contributed by atoms with Gasteiger partial charge in [0.1, 0.15) is 11.4 Å². The lowest BCUT2D eigenvalue weighted by Gasteiger charge is -2.31. The average Bonchev–Trinajstić information content (AvgIpc) is 3.65. The number of nitrogens with one attached hydrogen (secondary N) is 1. The van der Waals surface area contributed by atoms with Gasteiger partial charge in [0.2, 0.25) is 0 Å². The van der Waals surface area contributed by atoms with Crippen LogP contribution in [0.4, 0.5) is 18.9 Å². The van der Waals surface area contributed by atoms with Gasteiger partial charge in [0.15, 0.2) is 5.69 Å². The molecule has 1 aliphatic rings. The van der Waals surface area contributed by atoms with Gasteiger partial charge in [0, 0.05) is 62.3 Å². The molecule has 2 amide bonds. The van der Waals surface area contributed by atoms with Crippen molar-refractivity contribution in [3.63, 3.8) is 0 Å². The second-order valence-electron chi connectivity index (χ2n) is 10.2. The van der Waals surface area contributed by atoms with Gasteiger partial charge >= 0.3 is 6.18 Å². The highest BCUT2D eigenvalue weighted by molar-refractivity contribution is 6.14. The summed E-state index contributed by atoms with van der Waals surface area (Å²) in [5.41, 5.74) is 1.61. The van der Waals surface area contributed by atoms with Gasteiger partial charge in [-0.3, -0.25) is 14.3 Å². The van der Waals surface area contributed by atoms with E-state index in [2.05, 4.69) is 20.4 Å². The molecule has 0 aliphatic carbocycles. The monoisotopic (exact) mass is 589 g/mol. The summed E-state index contributed by atoms with van der Waals surface area (Å²) < 4.78 is 50.5. The van der Waals surface area contributed by atoms with Crippen molar-refractivity contribution in [2.24, 2.45) is 7.05 Å². The van der Waals surface area contributed by atoms with Crippen LogP contribution < -0.4 is 15.0 Å². The number of fused-ring (bicyclic) bond motifs is 2. The zero-order valence-corrected chi connectivity index (χ0v) is 23.4. The number of anilines is 1. The Morgan fingerprint density at radius 1 is 1.12 bits per heavy atom. The van der Waals surface area contributed by atoms with E-state index in [4.69, 9.17) is 4.74 Å². The number of hydrogen-bond acceptors (Lipinski definition) is 6. The van der Waals surface area contributed by atoms with E-state index < -0.39 is 23.7 Å². The van der Waals surface area contributed by atoms with Gasteiger partial charge in [-0.25, -0.2) is 9.97 Å². The number of hydrogen-bond donors (Lipinski definition) is 1. The third kappa shape index (κ3) is 5.07. The smallest absolute Gasteiger partial charge is 0.435 e. The molecule has 1 N–H and O–H groups in total. The van der Waals surface area contributed by atoms with Crippen molar-refractivity contribution in [1.82, 2.24) is 29.6 Å². The third-order valence-electron chi connectivity index (χ3n) is 7.43. The summed E-state index contributed by atoms with van der Waals surface area (Å²) in [4.78, 5) is 37.0. The number of aromatic nitrogens is 5. The standard InChI is InChI=1S/C30H26F3N7O3/c1-34-28(41)25-13-26(22-12-18(43-3)4-5-24(22)36-25)40-8-6-19-20(23-15-38(2)37-27(23)30(31,32)33)10-17(11-21(19)29(40)42)14-39-9-7-35-16-39/h4-5,7,9-13,15-16H,6,8,14H2,1-3H3,(H,34,41). The molecule has 1 aliphatic heterocycles. The van der Waals surface area contributed by atoms with Crippen molar-refractivity contribution in [2.75, 3.05) is 25.6 Å². The number of alkyl halides is 3. The van der Waals surface area contributed by atoms with Crippen molar-refractivity contribution in [2.45, 2.75) is 19.1 Å². The fourth-order valence-electron chi connectivity index (χ4n) is 5.49. The molecule has 0 atom stereocenters. The number of rotatable bonds is 6. The molecule has 3 aromatic heterocycles. The van der Waals surface area contributed by atoms with Gasteiger partial charge in [-0.05, 0) is 59.5 Å². The maximum atomic E-state index is 14.3. The Bertz CT molecular complexity index is 1880. The summed E-state index contributed by atoms with van der Waals surface area (Å²) in [7, 11) is 4.44. The Labute approximate surface area is 243 Å². The average molecular weight is 590 g/mol. The van der Waals surface area contributed by atoms with Crippen LogP contribution in [0.3, 0.4) is 0 Å². The predicted octanol–water partition coefficient (Wildman–Crippen LogP) is 4.47. The van der Waals surface area contributed by atoms with Crippen LogP contribution in [-0.2, 0) is 26.2 Å². The molecule has 4 heterocycles. The van der Waals surface area contributed by atoms with E-state index in [0.29, 0.717) is 39.0 Å². The summed E-state index contributed by atoms with van der Waals surface area (Å²) in [5, 5.41) is 6.85. The molecule has 220 valence electrons. The zero-order valence-electron chi connectivity index (χ0n) is 23.4. The molecule has 0 fully saturated rings. The van der Waals surface area contributed by atoms with Crippen LogP contribution in [0.15, 0.2) is 61.3 Å². The Morgan fingerprint density at radius 2 is 1.91 bits per heavy atom. The predicted molar refractivity (Wildman–Crippen MR) is 152 cm³/mol. The molecule has 13 heteroatoms. The second kappa shape index (κ2) is 10.6. The van der Waals surface area contributed by atoms with Gasteiger partial charge < -0.3 is 19.5 Å². The number of halogens is 3. The fraction of sp³-hybridized carbons (Fsp3) is 0.233. The van der Waals surface area contributed by atoms with Crippen molar-refractivity contribution >= 4 is 28.4 Å². The van der Waals surface area contributed by atoms with E-state index in [1.165, 1.54) is 32.3 Å². The van der Waals surface area contributed by atoms with Crippen LogP contribution in [0.1, 0.15) is 37.7 Å². The van der Waals surface area contributed by atoms with Crippen LogP contribution in [0.2, 0.25) is 0 Å². The maximum absolute atomic E-state index is 14.3. The summed E-state index contributed by atoms with van der Waals surface area (Å²) in [6.45, 7) is 0.441. The third-order valence-corrected chi connectivity index (χ3v) is 7.43. The lowest BCUT2D eigenvalue weighted by Crippen LogP contribution is -2.38. The second-order valence-corrected chi connectivity index (χ2v) is 10.2. The molecule has 0 saturated carbocycles. The Morgan fingerprint density at radius 3 is 2.60 bits per heavy atom. The lowest BCUT2D eigenvalue weighted by atomic mass is 9.87. The molecule has 43 heavy (non-hydrogen) atoms. The zero-order chi connectivity index (χ0) is 30.5. The largest absolute Gasteiger partial charge is 0.497 e. The first-order valence-electron chi connectivity index (χ1n) is 13.3. The molecule has 0 radical (unpaired) electrons. The molecule has 0 saturated heterocycles. The van der Waals surface area contributed by atoms with E-state index in [1.54, 1.807) is 59.7 Å². The van der Waals surface area contributed by atoms with Gasteiger partial charge in [-0.1, -0.05) is 0 Å². The number of aryl methyl sites for hydroxylation is 1. The molecule has 0 unspecified atom stereocenters. The normalized spacial score (nSPS) is 13.3. The number of ether oxygens (including phenoxy) is 1.